The van der Waals surface area contributed by atoms with Crippen molar-refractivity contribution in [2.24, 2.45) is 5.92 Å². The smallest absolute Gasteiger partial charge is 0.335 e. The predicted molar refractivity (Wildman–Crippen MR) is 120 cm³/mol. The van der Waals surface area contributed by atoms with Gasteiger partial charge in [0.05, 0.1) is 19.3 Å². The summed E-state index contributed by atoms with van der Waals surface area (Å²) in [5.74, 6) is -2.89. The Morgan fingerprint density at radius 3 is 2.50 bits per heavy atom. The number of methoxy groups -OCH3 is 1. The van der Waals surface area contributed by atoms with Gasteiger partial charge < -0.3 is 24.9 Å². The highest BCUT2D eigenvalue weighted by Gasteiger charge is 2.22. The van der Waals surface area contributed by atoms with E-state index in [1.165, 1.54) is 36.9 Å². The highest BCUT2D eigenvalue weighted by Crippen LogP contribution is 2.28. The number of carboxylic acids is 1. The van der Waals surface area contributed by atoms with Crippen LogP contribution < -0.4 is 20.9 Å². The Bertz CT molecular complexity index is 1020. The second-order valence-corrected chi connectivity index (χ2v) is 7.57. The van der Waals surface area contributed by atoms with Gasteiger partial charge in [0.15, 0.2) is 5.76 Å². The highest BCUT2D eigenvalue weighted by molar-refractivity contribution is 5.93. The fraction of sp³-hybridized carbons (Fsp3) is 0.391. The van der Waals surface area contributed by atoms with E-state index in [9.17, 15) is 24.3 Å². The molecule has 5 N–H and O–H groups in total. The summed E-state index contributed by atoms with van der Waals surface area (Å²) in [6.07, 6.45) is 2.92. The van der Waals surface area contributed by atoms with Gasteiger partial charge in [0.2, 0.25) is 11.8 Å². The number of nitrogens with one attached hydrogen (secondary N) is 3. The van der Waals surface area contributed by atoms with Crippen molar-refractivity contribution in [2.45, 2.75) is 39.0 Å². The van der Waals surface area contributed by atoms with E-state index >= 15 is 0 Å². The lowest BCUT2D eigenvalue weighted by Gasteiger charge is -2.16. The van der Waals surface area contributed by atoms with E-state index in [1.54, 1.807) is 6.07 Å². The van der Waals surface area contributed by atoms with Crippen LogP contribution in [0.15, 0.2) is 34.7 Å². The molecule has 0 unspecified atom stereocenters. The van der Waals surface area contributed by atoms with Crippen LogP contribution in [-0.4, -0.2) is 47.8 Å². The number of carbonyl (C=O) groups is 4. The summed E-state index contributed by atoms with van der Waals surface area (Å²) < 4.78 is 10.7. The zero-order valence-electron chi connectivity index (χ0n) is 19.1. The summed E-state index contributed by atoms with van der Waals surface area (Å²) in [5, 5.41) is 23.0. The second kappa shape index (κ2) is 13.0. The Balaban J connectivity index is 1.98. The molecule has 0 radical (unpaired) electrons. The first kappa shape index (κ1) is 26.4. The van der Waals surface area contributed by atoms with Crippen LogP contribution in [-0.2, 0) is 9.59 Å². The molecule has 1 aromatic heterocycles. The Morgan fingerprint density at radius 2 is 1.85 bits per heavy atom. The number of benzene rings is 1. The Kier molecular flexibility index (Phi) is 10.1. The van der Waals surface area contributed by atoms with Crippen LogP contribution in [0, 0.1) is 5.92 Å². The highest BCUT2D eigenvalue weighted by atomic mass is 16.5. The summed E-state index contributed by atoms with van der Waals surface area (Å²) in [6, 6.07) is 7.28. The summed E-state index contributed by atoms with van der Waals surface area (Å²) in [4.78, 5) is 47.6. The summed E-state index contributed by atoms with van der Waals surface area (Å²) >= 11 is 0. The monoisotopic (exact) mass is 475 g/mol. The molecule has 0 fully saturated rings. The first-order chi connectivity index (χ1) is 16.3. The molecule has 0 aliphatic carbocycles. The minimum Gasteiger partial charge on any atom is -0.497 e. The van der Waals surface area contributed by atoms with Crippen LogP contribution in [0.25, 0.3) is 11.3 Å². The number of furan rings is 1. The average molecular weight is 475 g/mol. The van der Waals surface area contributed by atoms with Crippen molar-refractivity contribution in [1.82, 2.24) is 16.1 Å². The largest absolute Gasteiger partial charge is 0.497 e. The third-order valence-corrected chi connectivity index (χ3v) is 5.10. The summed E-state index contributed by atoms with van der Waals surface area (Å²) in [7, 11) is 1.41. The van der Waals surface area contributed by atoms with Crippen molar-refractivity contribution >= 4 is 23.7 Å². The molecule has 11 nitrogen and oxygen atoms in total. The average Bonchev–Trinajstić information content (AvgIpc) is 3.33. The number of hydrogen-bond donors (Lipinski definition) is 5. The van der Waals surface area contributed by atoms with E-state index < -0.39 is 29.6 Å². The Morgan fingerprint density at radius 1 is 1.09 bits per heavy atom. The number of amides is 3. The van der Waals surface area contributed by atoms with Crippen molar-refractivity contribution in [3.63, 3.8) is 0 Å². The summed E-state index contributed by atoms with van der Waals surface area (Å²) in [6.45, 7) is 1.82. The maximum absolute atomic E-state index is 12.4. The number of ether oxygens (including phenoxy) is 1. The topological polar surface area (TPSA) is 167 Å². The van der Waals surface area contributed by atoms with Gasteiger partial charge in [-0.1, -0.05) is 26.2 Å². The van der Waals surface area contributed by atoms with Crippen molar-refractivity contribution in [3.8, 4) is 17.1 Å². The van der Waals surface area contributed by atoms with Crippen LogP contribution in [0.5, 0.6) is 5.75 Å². The zero-order valence-corrected chi connectivity index (χ0v) is 19.1. The van der Waals surface area contributed by atoms with Crippen LogP contribution in [0.3, 0.4) is 0 Å². The number of aromatic carboxylic acids is 1. The van der Waals surface area contributed by atoms with Crippen molar-refractivity contribution in [1.29, 1.82) is 0 Å². The fourth-order valence-electron chi connectivity index (χ4n) is 3.28. The van der Waals surface area contributed by atoms with Gasteiger partial charge in [0.25, 0.3) is 5.91 Å². The van der Waals surface area contributed by atoms with Crippen LogP contribution in [0.2, 0.25) is 0 Å². The number of hydroxylamine groups is 1. The molecule has 1 heterocycles. The molecule has 0 saturated heterocycles. The van der Waals surface area contributed by atoms with E-state index in [0.717, 1.165) is 19.3 Å². The quantitative estimate of drug-likeness (QED) is 0.127. The first-order valence-electron chi connectivity index (χ1n) is 10.8. The number of hydrogen-bond acceptors (Lipinski definition) is 7. The maximum Gasteiger partial charge on any atom is 0.335 e. The molecule has 0 aliphatic rings. The van der Waals surface area contributed by atoms with Gasteiger partial charge in [-0.05, 0) is 36.8 Å². The minimum atomic E-state index is -1.13. The molecular formula is C23H29N3O8. The van der Waals surface area contributed by atoms with Gasteiger partial charge in [-0.3, -0.25) is 19.6 Å². The Hall–Kier alpha value is -3.86. The molecule has 0 spiro atoms. The lowest BCUT2D eigenvalue weighted by atomic mass is 9.96. The molecule has 3 amide bonds. The molecule has 184 valence electrons. The second-order valence-electron chi connectivity index (χ2n) is 7.57. The molecule has 11 heteroatoms. The van der Waals surface area contributed by atoms with Gasteiger partial charge in [0.1, 0.15) is 11.5 Å². The zero-order chi connectivity index (χ0) is 25.1. The standard InChI is InChI=1S/C23H29N3O8/c1-3-4-5-6-14(12-20(27)26-32)21(28)24-13-25-22(29)19-8-7-18(34-19)15-9-16(23(30)31)11-17(10-15)33-2/h7-11,14,32H,3-6,12-13H2,1-2H3,(H,24,28)(H,25,29)(H,26,27)(H,30,31)/t14-/m1/s1. The predicted octanol–water partition coefficient (Wildman–Crippen LogP) is 2.55. The lowest BCUT2D eigenvalue weighted by Crippen LogP contribution is -2.41. The van der Waals surface area contributed by atoms with Crippen LogP contribution in [0.1, 0.15) is 59.9 Å². The van der Waals surface area contributed by atoms with E-state index in [-0.39, 0.29) is 30.2 Å². The number of carboxylic acid groups (broad SMARTS) is 1. The molecule has 2 aromatic rings. The van der Waals surface area contributed by atoms with Crippen LogP contribution in [0.4, 0.5) is 0 Å². The number of carbonyl (C=O) groups excluding carboxylic acids is 3. The maximum atomic E-state index is 12.4. The molecule has 0 aliphatic heterocycles. The molecule has 1 aromatic carbocycles. The van der Waals surface area contributed by atoms with E-state index in [2.05, 4.69) is 10.6 Å². The molecule has 0 saturated carbocycles. The molecular weight excluding hydrogens is 446 g/mol. The van der Waals surface area contributed by atoms with Gasteiger partial charge >= 0.3 is 5.97 Å². The van der Waals surface area contributed by atoms with Crippen molar-refractivity contribution in [2.75, 3.05) is 13.8 Å². The van der Waals surface area contributed by atoms with Gasteiger partial charge in [-0.15, -0.1) is 0 Å². The van der Waals surface area contributed by atoms with Crippen molar-refractivity contribution < 1.29 is 38.6 Å². The number of unbranched alkanes of at least 4 members (excludes halogenated alkanes) is 2. The van der Waals surface area contributed by atoms with Gasteiger partial charge in [-0.2, -0.15) is 0 Å². The third kappa shape index (κ3) is 7.62. The molecule has 2 rings (SSSR count). The third-order valence-electron chi connectivity index (χ3n) is 5.10. The molecule has 0 bridgehead atoms. The van der Waals surface area contributed by atoms with Gasteiger partial charge in [0, 0.05) is 17.9 Å². The summed E-state index contributed by atoms with van der Waals surface area (Å²) in [5.41, 5.74) is 1.95. The lowest BCUT2D eigenvalue weighted by molar-refractivity contribution is -0.135. The first-order valence-corrected chi connectivity index (χ1v) is 10.8. The molecule has 1 atom stereocenters. The van der Waals surface area contributed by atoms with Crippen molar-refractivity contribution in [3.05, 3.63) is 41.7 Å². The van der Waals surface area contributed by atoms with Gasteiger partial charge in [-0.25, -0.2) is 10.3 Å². The van der Waals surface area contributed by atoms with E-state index in [0.29, 0.717) is 17.7 Å². The number of rotatable bonds is 13. The molecule has 34 heavy (non-hydrogen) atoms. The van der Waals surface area contributed by atoms with E-state index in [1.807, 2.05) is 6.92 Å². The SMILES string of the molecule is CCCCC[C@H](CC(=O)NO)C(=O)NCNC(=O)c1ccc(-c2cc(OC)cc(C(=O)O)c2)o1. The van der Waals surface area contributed by atoms with Crippen LogP contribution >= 0.6 is 0 Å². The Labute approximate surface area is 196 Å². The normalized spacial score (nSPS) is 11.4. The van der Waals surface area contributed by atoms with E-state index in [4.69, 9.17) is 14.4 Å². The minimum absolute atomic E-state index is 0.00262. The fourth-order valence-corrected chi connectivity index (χ4v) is 3.28.